The minimum absolute atomic E-state index is 0.398. The predicted octanol–water partition coefficient (Wildman–Crippen LogP) is 4.83. The molecule has 164 valence electrons. The maximum atomic E-state index is 13.0. The molecule has 3 aromatic heterocycles. The smallest absolute Gasteiger partial charge is 0.381 e. The second kappa shape index (κ2) is 7.91. The Morgan fingerprint density at radius 1 is 1.00 bits per heavy atom. The number of piperidine rings is 1. The Hall–Kier alpha value is -2.45. The fourth-order valence-electron chi connectivity index (χ4n) is 4.84. The average Bonchev–Trinajstić information content (AvgIpc) is 3.19. The van der Waals surface area contributed by atoms with Crippen molar-refractivity contribution in [3.8, 4) is 5.69 Å². The Morgan fingerprint density at radius 3 is 2.52 bits per heavy atom. The minimum Gasteiger partial charge on any atom is -0.381 e. The summed E-state index contributed by atoms with van der Waals surface area (Å²) in [6, 6.07) is 6.59. The first-order chi connectivity index (χ1) is 14.9. The lowest BCUT2D eigenvalue weighted by Crippen LogP contribution is -2.42. The molecule has 5 nitrogen and oxygen atoms in total. The molecular weight excluding hydrogens is 405 g/mol. The van der Waals surface area contributed by atoms with Crippen molar-refractivity contribution in [2.24, 2.45) is 5.41 Å². The van der Waals surface area contributed by atoms with Crippen LogP contribution < -0.4 is 0 Å². The third-order valence-corrected chi connectivity index (χ3v) is 6.77. The van der Waals surface area contributed by atoms with Crippen molar-refractivity contribution in [1.29, 1.82) is 0 Å². The normalized spacial score (nSPS) is 19.8. The molecule has 5 heterocycles. The Labute approximate surface area is 178 Å². The zero-order chi connectivity index (χ0) is 21.5. The number of likely N-dealkylation sites (tertiary alicyclic amines) is 1. The molecule has 1 spiro atoms. The van der Waals surface area contributed by atoms with E-state index in [1.807, 2.05) is 12.3 Å². The molecule has 2 aliphatic rings. The van der Waals surface area contributed by atoms with Gasteiger partial charge in [0.15, 0.2) is 0 Å². The number of halogens is 3. The second-order valence-electron chi connectivity index (χ2n) is 8.73. The number of hydrogen-bond donors (Lipinski definition) is 0. The van der Waals surface area contributed by atoms with Crippen molar-refractivity contribution in [2.45, 2.75) is 38.4 Å². The van der Waals surface area contributed by atoms with E-state index in [1.54, 1.807) is 16.8 Å². The monoisotopic (exact) mass is 430 g/mol. The molecule has 3 aromatic rings. The summed E-state index contributed by atoms with van der Waals surface area (Å²) in [7, 11) is 0. The van der Waals surface area contributed by atoms with Crippen LogP contribution in [0.25, 0.3) is 16.7 Å². The zero-order valence-electron chi connectivity index (χ0n) is 17.2. The third kappa shape index (κ3) is 4.19. The first-order valence-corrected chi connectivity index (χ1v) is 10.7. The highest BCUT2D eigenvalue weighted by molar-refractivity contribution is 5.78. The van der Waals surface area contributed by atoms with Gasteiger partial charge in [0.05, 0.1) is 5.69 Å². The number of hydrogen-bond acceptors (Lipinski definition) is 4. The first-order valence-electron chi connectivity index (χ1n) is 10.7. The van der Waals surface area contributed by atoms with E-state index >= 15 is 0 Å². The van der Waals surface area contributed by atoms with Crippen LogP contribution in [-0.2, 0) is 17.5 Å². The number of alkyl halides is 3. The minimum atomic E-state index is -4.47. The van der Waals surface area contributed by atoms with E-state index in [-0.39, 0.29) is 0 Å². The summed E-state index contributed by atoms with van der Waals surface area (Å²) >= 11 is 0. The van der Waals surface area contributed by atoms with Crippen LogP contribution in [0.3, 0.4) is 0 Å². The van der Waals surface area contributed by atoms with Gasteiger partial charge < -0.3 is 9.30 Å². The van der Waals surface area contributed by atoms with Crippen molar-refractivity contribution in [3.63, 3.8) is 0 Å². The Kier molecular flexibility index (Phi) is 5.22. The van der Waals surface area contributed by atoms with Gasteiger partial charge in [0.1, 0.15) is 11.3 Å². The van der Waals surface area contributed by atoms with Gasteiger partial charge in [-0.3, -0.25) is 9.88 Å². The second-order valence-corrected chi connectivity index (χ2v) is 8.73. The van der Waals surface area contributed by atoms with Gasteiger partial charge in [-0.05, 0) is 74.0 Å². The number of rotatable bonds is 3. The highest BCUT2D eigenvalue weighted by Crippen LogP contribution is 2.40. The molecule has 2 fully saturated rings. The summed E-state index contributed by atoms with van der Waals surface area (Å²) in [5.41, 5.74) is 1.72. The third-order valence-electron chi connectivity index (χ3n) is 6.77. The lowest BCUT2D eigenvalue weighted by atomic mass is 9.72. The van der Waals surface area contributed by atoms with Gasteiger partial charge in [-0.2, -0.15) is 13.2 Å². The molecule has 0 aromatic carbocycles. The van der Waals surface area contributed by atoms with E-state index in [1.165, 1.54) is 31.9 Å². The predicted molar refractivity (Wildman–Crippen MR) is 111 cm³/mol. The molecule has 0 aliphatic carbocycles. The summed E-state index contributed by atoms with van der Waals surface area (Å²) in [5, 5.41) is 0.917. The summed E-state index contributed by atoms with van der Waals surface area (Å²) < 4.78 is 46.3. The molecule has 0 radical (unpaired) electrons. The highest BCUT2D eigenvalue weighted by Gasteiger charge is 2.36. The molecule has 0 bridgehead atoms. The zero-order valence-corrected chi connectivity index (χ0v) is 17.2. The van der Waals surface area contributed by atoms with E-state index in [0.717, 1.165) is 49.9 Å². The topological polar surface area (TPSA) is 43.2 Å². The van der Waals surface area contributed by atoms with Crippen molar-refractivity contribution >= 4 is 11.0 Å². The van der Waals surface area contributed by atoms with E-state index in [4.69, 9.17) is 4.74 Å². The van der Waals surface area contributed by atoms with Gasteiger partial charge in [0, 0.05) is 43.7 Å². The van der Waals surface area contributed by atoms with Gasteiger partial charge in [-0.1, -0.05) is 0 Å². The van der Waals surface area contributed by atoms with Crippen LogP contribution >= 0.6 is 0 Å². The van der Waals surface area contributed by atoms with Gasteiger partial charge in [0.2, 0.25) is 0 Å². The fourth-order valence-corrected chi connectivity index (χ4v) is 4.84. The van der Waals surface area contributed by atoms with E-state index in [2.05, 4.69) is 20.9 Å². The van der Waals surface area contributed by atoms with Crippen molar-refractivity contribution < 1.29 is 17.9 Å². The number of aromatic nitrogens is 3. The summed E-state index contributed by atoms with van der Waals surface area (Å²) in [4.78, 5) is 10.5. The van der Waals surface area contributed by atoms with Gasteiger partial charge in [-0.25, -0.2) is 4.98 Å². The maximum absolute atomic E-state index is 13.0. The number of nitrogens with zero attached hydrogens (tertiary/aromatic N) is 4. The Morgan fingerprint density at radius 2 is 1.77 bits per heavy atom. The standard InChI is InChI=1S/C23H25F3N4O/c24-23(25,26)20-14-19(1-7-27-20)30-8-2-18-13-17(15-28-21(18)30)16-29-9-3-22(4-10-29)5-11-31-12-6-22/h1-2,7-8,13-15H,3-6,9-12,16H2. The van der Waals surface area contributed by atoms with Crippen LogP contribution in [0, 0.1) is 5.41 Å². The molecule has 8 heteroatoms. The summed E-state index contributed by atoms with van der Waals surface area (Å²) in [6.07, 6.45) is 5.07. The van der Waals surface area contributed by atoms with Crippen molar-refractivity contribution in [2.75, 3.05) is 26.3 Å². The molecule has 31 heavy (non-hydrogen) atoms. The Balaban J connectivity index is 1.31. The van der Waals surface area contributed by atoms with Crippen LogP contribution in [0.1, 0.15) is 36.9 Å². The highest BCUT2D eigenvalue weighted by atomic mass is 19.4. The van der Waals surface area contributed by atoms with Crippen LogP contribution in [0.15, 0.2) is 42.9 Å². The number of fused-ring (bicyclic) bond motifs is 1. The molecular formula is C23H25F3N4O. The molecule has 2 saturated heterocycles. The van der Waals surface area contributed by atoms with E-state index in [9.17, 15) is 13.2 Å². The van der Waals surface area contributed by atoms with Crippen molar-refractivity contribution in [3.05, 3.63) is 54.1 Å². The first kappa shape index (κ1) is 20.5. The number of pyridine rings is 2. The van der Waals surface area contributed by atoms with Crippen LogP contribution in [0.5, 0.6) is 0 Å². The van der Waals surface area contributed by atoms with Gasteiger partial charge in [0.25, 0.3) is 0 Å². The lowest BCUT2D eigenvalue weighted by Gasteiger charge is -2.44. The summed E-state index contributed by atoms with van der Waals surface area (Å²) in [6.45, 7) is 4.78. The molecule has 2 aliphatic heterocycles. The lowest BCUT2D eigenvalue weighted by molar-refractivity contribution is -0.141. The van der Waals surface area contributed by atoms with Gasteiger partial charge in [-0.15, -0.1) is 0 Å². The van der Waals surface area contributed by atoms with Crippen LogP contribution in [0.4, 0.5) is 13.2 Å². The fraction of sp³-hybridized carbons (Fsp3) is 0.478. The largest absolute Gasteiger partial charge is 0.433 e. The molecule has 0 N–H and O–H groups in total. The molecule has 0 atom stereocenters. The van der Waals surface area contributed by atoms with Gasteiger partial charge >= 0.3 is 6.18 Å². The quantitative estimate of drug-likeness (QED) is 0.597. The van der Waals surface area contributed by atoms with Crippen molar-refractivity contribution in [1.82, 2.24) is 19.4 Å². The van der Waals surface area contributed by atoms with Crippen LogP contribution in [0.2, 0.25) is 0 Å². The SMILES string of the molecule is FC(F)(F)c1cc(-n2ccc3cc(CN4CCC5(CCOCC5)CC4)cnc32)ccn1. The molecule has 0 unspecified atom stereocenters. The molecule has 5 rings (SSSR count). The Bertz CT molecular complexity index is 1060. The molecule has 0 amide bonds. The summed E-state index contributed by atoms with van der Waals surface area (Å²) in [5.74, 6) is 0. The average molecular weight is 430 g/mol. The van der Waals surface area contributed by atoms with E-state index < -0.39 is 11.9 Å². The van der Waals surface area contributed by atoms with E-state index in [0.29, 0.717) is 16.7 Å². The number of ether oxygens (including phenoxy) is 1. The van der Waals surface area contributed by atoms with Crippen LogP contribution in [-0.4, -0.2) is 45.7 Å². The maximum Gasteiger partial charge on any atom is 0.433 e. The molecule has 0 saturated carbocycles.